The molecule has 0 fully saturated rings. The molecule has 0 radical (unpaired) electrons. The Bertz CT molecular complexity index is 449. The van der Waals surface area contributed by atoms with Crippen molar-refractivity contribution in [1.29, 1.82) is 0 Å². The Labute approximate surface area is 105 Å². The summed E-state index contributed by atoms with van der Waals surface area (Å²) in [5.74, 6) is -2.59. The van der Waals surface area contributed by atoms with Crippen molar-refractivity contribution in [3.63, 3.8) is 0 Å². The highest BCUT2D eigenvalue weighted by Gasteiger charge is 2.41. The number of halogens is 2. The van der Waals surface area contributed by atoms with Crippen molar-refractivity contribution in [3.05, 3.63) is 35.4 Å². The van der Waals surface area contributed by atoms with E-state index in [-0.39, 0.29) is 24.4 Å². The number of carboxylic acid groups (broad SMARTS) is 1. The van der Waals surface area contributed by atoms with Gasteiger partial charge in [0.1, 0.15) is 11.6 Å². The summed E-state index contributed by atoms with van der Waals surface area (Å²) in [5.41, 5.74) is 4.30. The van der Waals surface area contributed by atoms with E-state index in [0.717, 1.165) is 18.2 Å². The molecule has 0 amide bonds. The van der Waals surface area contributed by atoms with E-state index in [1.807, 2.05) is 0 Å². The van der Waals surface area contributed by atoms with Crippen LogP contribution in [0.2, 0.25) is 0 Å². The van der Waals surface area contributed by atoms with Gasteiger partial charge in [-0.2, -0.15) is 0 Å². The summed E-state index contributed by atoms with van der Waals surface area (Å²) >= 11 is 0. The molecule has 5 heteroatoms. The van der Waals surface area contributed by atoms with Crippen LogP contribution in [0.1, 0.15) is 19.4 Å². The molecule has 1 rings (SSSR count). The molecule has 0 bridgehead atoms. The molecule has 0 heterocycles. The van der Waals surface area contributed by atoms with Gasteiger partial charge in [0.25, 0.3) is 0 Å². The van der Waals surface area contributed by atoms with Crippen LogP contribution < -0.4 is 5.73 Å². The fourth-order valence-corrected chi connectivity index (χ4v) is 1.94. The summed E-state index contributed by atoms with van der Waals surface area (Å²) in [5, 5.41) is 9.32. The molecule has 3 N–H and O–H groups in total. The molecule has 1 unspecified atom stereocenters. The maximum Gasteiger partial charge on any atom is 0.311 e. The van der Waals surface area contributed by atoms with E-state index in [1.165, 1.54) is 0 Å². The van der Waals surface area contributed by atoms with Gasteiger partial charge in [-0.05, 0) is 36.1 Å². The van der Waals surface area contributed by atoms with Crippen molar-refractivity contribution in [2.75, 3.05) is 6.54 Å². The zero-order valence-corrected chi connectivity index (χ0v) is 10.4. The number of carboxylic acids is 1. The second kappa shape index (κ2) is 5.44. The van der Waals surface area contributed by atoms with Gasteiger partial charge in [0.2, 0.25) is 0 Å². The van der Waals surface area contributed by atoms with E-state index in [4.69, 9.17) is 5.73 Å². The number of benzene rings is 1. The molecule has 0 aliphatic heterocycles. The predicted octanol–water partition coefficient (Wildman–Crippen LogP) is 2.19. The van der Waals surface area contributed by atoms with Crippen LogP contribution in [0.25, 0.3) is 0 Å². The molecule has 0 saturated carbocycles. The van der Waals surface area contributed by atoms with E-state index in [2.05, 4.69) is 0 Å². The van der Waals surface area contributed by atoms with Crippen molar-refractivity contribution < 1.29 is 18.7 Å². The molecule has 1 atom stereocenters. The smallest absolute Gasteiger partial charge is 0.311 e. The van der Waals surface area contributed by atoms with E-state index in [1.54, 1.807) is 13.8 Å². The minimum Gasteiger partial charge on any atom is -0.481 e. The fourth-order valence-electron chi connectivity index (χ4n) is 1.94. The Morgan fingerprint density at radius 3 is 2.50 bits per heavy atom. The van der Waals surface area contributed by atoms with Crippen LogP contribution in [0.15, 0.2) is 18.2 Å². The van der Waals surface area contributed by atoms with E-state index in [0.29, 0.717) is 0 Å². The van der Waals surface area contributed by atoms with Gasteiger partial charge < -0.3 is 10.8 Å². The standard InChI is InChI=1S/C13H17F2NO2/c1-8(2)13(7-16,12(17)18)6-9-5-10(14)3-4-11(9)15/h3-5,8H,6-7,16H2,1-2H3,(H,17,18). The fraction of sp³-hybridized carbons (Fsp3) is 0.462. The van der Waals surface area contributed by atoms with E-state index >= 15 is 0 Å². The lowest BCUT2D eigenvalue weighted by molar-refractivity contribution is -0.151. The predicted molar refractivity (Wildman–Crippen MR) is 64.0 cm³/mol. The average Bonchev–Trinajstić information content (AvgIpc) is 2.29. The molecule has 100 valence electrons. The summed E-state index contributed by atoms with van der Waals surface area (Å²) in [6, 6.07) is 3.01. The highest BCUT2D eigenvalue weighted by molar-refractivity contribution is 5.75. The average molecular weight is 257 g/mol. The van der Waals surface area contributed by atoms with Gasteiger partial charge in [0.15, 0.2) is 0 Å². The molecular formula is C13H17F2NO2. The van der Waals surface area contributed by atoms with Gasteiger partial charge in [-0.25, -0.2) is 8.78 Å². The molecule has 0 aliphatic carbocycles. The third-order valence-electron chi connectivity index (χ3n) is 3.41. The molecular weight excluding hydrogens is 240 g/mol. The monoisotopic (exact) mass is 257 g/mol. The lowest BCUT2D eigenvalue weighted by Crippen LogP contribution is -2.45. The topological polar surface area (TPSA) is 63.3 Å². The number of rotatable bonds is 5. The lowest BCUT2D eigenvalue weighted by Gasteiger charge is -2.32. The number of carbonyl (C=O) groups is 1. The Kier molecular flexibility index (Phi) is 4.40. The molecule has 3 nitrogen and oxygen atoms in total. The van der Waals surface area contributed by atoms with E-state index < -0.39 is 23.0 Å². The van der Waals surface area contributed by atoms with Crippen LogP contribution in [0.3, 0.4) is 0 Å². The van der Waals surface area contributed by atoms with Crippen molar-refractivity contribution in [2.24, 2.45) is 17.1 Å². The highest BCUT2D eigenvalue weighted by atomic mass is 19.1. The van der Waals surface area contributed by atoms with Crippen molar-refractivity contribution >= 4 is 5.97 Å². The summed E-state index contributed by atoms with van der Waals surface area (Å²) in [6.07, 6.45) is -0.125. The Morgan fingerprint density at radius 1 is 1.44 bits per heavy atom. The lowest BCUT2D eigenvalue weighted by atomic mass is 9.72. The molecule has 18 heavy (non-hydrogen) atoms. The van der Waals surface area contributed by atoms with Gasteiger partial charge in [-0.15, -0.1) is 0 Å². The molecule has 0 spiro atoms. The Morgan fingerprint density at radius 2 is 2.06 bits per heavy atom. The first-order valence-electron chi connectivity index (χ1n) is 5.71. The summed E-state index contributed by atoms with van der Waals surface area (Å²) < 4.78 is 26.6. The maximum absolute atomic E-state index is 13.6. The molecule has 0 saturated heterocycles. The molecule has 1 aromatic rings. The number of hydrogen-bond acceptors (Lipinski definition) is 2. The van der Waals surface area contributed by atoms with Crippen LogP contribution >= 0.6 is 0 Å². The van der Waals surface area contributed by atoms with Crippen LogP contribution in [0, 0.1) is 23.0 Å². The summed E-state index contributed by atoms with van der Waals surface area (Å²) in [7, 11) is 0. The second-order valence-electron chi connectivity index (χ2n) is 4.73. The van der Waals surface area contributed by atoms with Gasteiger partial charge in [-0.1, -0.05) is 13.8 Å². The van der Waals surface area contributed by atoms with Gasteiger partial charge in [0.05, 0.1) is 5.41 Å². The Hall–Kier alpha value is -1.49. The molecule has 0 aromatic heterocycles. The summed E-state index contributed by atoms with van der Waals surface area (Å²) in [4.78, 5) is 11.4. The first kappa shape index (κ1) is 14.6. The molecule has 1 aromatic carbocycles. The van der Waals surface area contributed by atoms with Crippen molar-refractivity contribution in [2.45, 2.75) is 20.3 Å². The normalized spacial score (nSPS) is 14.6. The van der Waals surface area contributed by atoms with Crippen LogP contribution in [0.4, 0.5) is 8.78 Å². The third kappa shape index (κ3) is 2.67. The van der Waals surface area contributed by atoms with Crippen LogP contribution in [0.5, 0.6) is 0 Å². The molecule has 0 aliphatic rings. The minimum absolute atomic E-state index is 0.0385. The van der Waals surface area contributed by atoms with E-state index in [9.17, 15) is 18.7 Å². The first-order valence-corrected chi connectivity index (χ1v) is 5.71. The zero-order valence-electron chi connectivity index (χ0n) is 10.4. The maximum atomic E-state index is 13.6. The number of aliphatic carboxylic acids is 1. The quantitative estimate of drug-likeness (QED) is 0.850. The SMILES string of the molecule is CC(C)C(CN)(Cc1cc(F)ccc1F)C(=O)O. The van der Waals surface area contributed by atoms with Crippen LogP contribution in [-0.2, 0) is 11.2 Å². The van der Waals surface area contributed by atoms with Gasteiger partial charge in [-0.3, -0.25) is 4.79 Å². The minimum atomic E-state index is -1.28. The van der Waals surface area contributed by atoms with Crippen LogP contribution in [-0.4, -0.2) is 17.6 Å². The largest absolute Gasteiger partial charge is 0.481 e. The van der Waals surface area contributed by atoms with Gasteiger partial charge >= 0.3 is 5.97 Å². The third-order valence-corrected chi connectivity index (χ3v) is 3.41. The second-order valence-corrected chi connectivity index (χ2v) is 4.73. The van der Waals surface area contributed by atoms with Crippen molar-refractivity contribution in [1.82, 2.24) is 0 Å². The van der Waals surface area contributed by atoms with Crippen molar-refractivity contribution in [3.8, 4) is 0 Å². The zero-order chi connectivity index (χ0) is 13.9. The highest BCUT2D eigenvalue weighted by Crippen LogP contribution is 2.32. The number of nitrogens with two attached hydrogens (primary N) is 1. The summed E-state index contributed by atoms with van der Waals surface area (Å²) in [6.45, 7) is 3.28. The van der Waals surface area contributed by atoms with Gasteiger partial charge in [0, 0.05) is 6.54 Å². The Balaban J connectivity index is 3.18. The number of hydrogen-bond donors (Lipinski definition) is 2. The first-order chi connectivity index (χ1) is 8.33.